The molecule has 1 fully saturated rings. The lowest BCUT2D eigenvalue weighted by molar-refractivity contribution is 0.358. The summed E-state index contributed by atoms with van der Waals surface area (Å²) in [4.78, 5) is 0. The molecule has 0 spiro atoms. The van der Waals surface area contributed by atoms with E-state index in [2.05, 4.69) is 35.8 Å². The first-order valence-corrected chi connectivity index (χ1v) is 8.09. The standard InChI is InChI=1S/C16H23NOS/c1-2-10-18-16-9-4-3-7-14(16)12-17-13-15-8-5-6-11-19-15/h2-4,7,9,15,17H,1,5-6,8,10-13H2. The van der Waals surface area contributed by atoms with E-state index in [1.165, 1.54) is 30.6 Å². The van der Waals surface area contributed by atoms with Gasteiger partial charge in [-0.25, -0.2) is 0 Å². The fourth-order valence-electron chi connectivity index (χ4n) is 2.28. The SMILES string of the molecule is C=CCOc1ccccc1CNCC1CCCCS1. The number of hydrogen-bond acceptors (Lipinski definition) is 3. The molecule has 1 unspecified atom stereocenters. The minimum Gasteiger partial charge on any atom is -0.489 e. The van der Waals surface area contributed by atoms with Crippen LogP contribution in [0.4, 0.5) is 0 Å². The van der Waals surface area contributed by atoms with E-state index >= 15 is 0 Å². The third kappa shape index (κ3) is 4.92. The summed E-state index contributed by atoms with van der Waals surface area (Å²) in [5, 5.41) is 4.35. The molecule has 3 heteroatoms. The molecule has 0 aromatic heterocycles. The highest BCUT2D eigenvalue weighted by atomic mass is 32.2. The van der Waals surface area contributed by atoms with Gasteiger partial charge in [-0.2, -0.15) is 11.8 Å². The summed E-state index contributed by atoms with van der Waals surface area (Å²) in [6, 6.07) is 8.22. The molecule has 1 aliphatic heterocycles. The van der Waals surface area contributed by atoms with Crippen LogP contribution in [0.1, 0.15) is 24.8 Å². The van der Waals surface area contributed by atoms with E-state index in [-0.39, 0.29) is 0 Å². The summed E-state index contributed by atoms with van der Waals surface area (Å²) in [6.07, 6.45) is 5.91. The first-order chi connectivity index (χ1) is 9.40. The Morgan fingerprint density at radius 2 is 2.26 bits per heavy atom. The smallest absolute Gasteiger partial charge is 0.124 e. The normalized spacial score (nSPS) is 19.1. The van der Waals surface area contributed by atoms with E-state index in [1.807, 2.05) is 12.1 Å². The molecule has 1 heterocycles. The van der Waals surface area contributed by atoms with E-state index in [0.717, 1.165) is 24.1 Å². The molecule has 1 aliphatic rings. The first kappa shape index (κ1) is 14.5. The average molecular weight is 277 g/mol. The van der Waals surface area contributed by atoms with Crippen molar-refractivity contribution in [3.63, 3.8) is 0 Å². The molecule has 1 aromatic rings. The largest absolute Gasteiger partial charge is 0.489 e. The van der Waals surface area contributed by atoms with Crippen LogP contribution in [-0.4, -0.2) is 24.2 Å². The van der Waals surface area contributed by atoms with Crippen LogP contribution in [0.3, 0.4) is 0 Å². The third-order valence-electron chi connectivity index (χ3n) is 3.29. The van der Waals surface area contributed by atoms with Crippen molar-refractivity contribution >= 4 is 11.8 Å². The molecule has 0 amide bonds. The molecule has 0 bridgehead atoms. The van der Waals surface area contributed by atoms with Gasteiger partial charge in [-0.15, -0.1) is 0 Å². The zero-order chi connectivity index (χ0) is 13.3. The molecular weight excluding hydrogens is 254 g/mol. The van der Waals surface area contributed by atoms with Crippen LogP contribution in [0, 0.1) is 0 Å². The molecule has 1 aromatic carbocycles. The molecule has 2 rings (SSSR count). The van der Waals surface area contributed by atoms with Gasteiger partial charge in [0.15, 0.2) is 0 Å². The van der Waals surface area contributed by atoms with Crippen LogP contribution in [-0.2, 0) is 6.54 Å². The zero-order valence-electron chi connectivity index (χ0n) is 11.4. The number of hydrogen-bond donors (Lipinski definition) is 1. The highest BCUT2D eigenvalue weighted by Gasteiger charge is 2.13. The molecule has 1 saturated heterocycles. The summed E-state index contributed by atoms with van der Waals surface area (Å²) in [5.41, 5.74) is 1.23. The fourth-order valence-corrected chi connectivity index (χ4v) is 3.55. The lowest BCUT2D eigenvalue weighted by Gasteiger charge is -2.21. The lowest BCUT2D eigenvalue weighted by Crippen LogP contribution is -2.26. The van der Waals surface area contributed by atoms with Gasteiger partial charge in [0.1, 0.15) is 12.4 Å². The van der Waals surface area contributed by atoms with Crippen molar-refractivity contribution in [1.29, 1.82) is 0 Å². The molecule has 2 nitrogen and oxygen atoms in total. The maximum absolute atomic E-state index is 5.67. The highest BCUT2D eigenvalue weighted by Crippen LogP contribution is 2.24. The summed E-state index contributed by atoms with van der Waals surface area (Å²) >= 11 is 2.11. The van der Waals surface area contributed by atoms with E-state index < -0.39 is 0 Å². The number of para-hydroxylation sites is 1. The number of rotatable bonds is 7. The Morgan fingerprint density at radius 3 is 3.05 bits per heavy atom. The Hall–Kier alpha value is -0.930. The van der Waals surface area contributed by atoms with Crippen molar-refractivity contribution in [1.82, 2.24) is 5.32 Å². The summed E-state index contributed by atoms with van der Waals surface area (Å²) in [7, 11) is 0. The topological polar surface area (TPSA) is 21.3 Å². The lowest BCUT2D eigenvalue weighted by atomic mass is 10.1. The Bertz CT molecular complexity index is 388. The van der Waals surface area contributed by atoms with Crippen LogP contribution in [0.15, 0.2) is 36.9 Å². The number of ether oxygens (including phenoxy) is 1. The van der Waals surface area contributed by atoms with Gasteiger partial charge in [0.2, 0.25) is 0 Å². The number of nitrogens with one attached hydrogen (secondary N) is 1. The van der Waals surface area contributed by atoms with E-state index in [1.54, 1.807) is 6.08 Å². The predicted molar refractivity (Wildman–Crippen MR) is 83.9 cm³/mol. The van der Waals surface area contributed by atoms with Crippen LogP contribution >= 0.6 is 11.8 Å². The van der Waals surface area contributed by atoms with Crippen LogP contribution in [0.5, 0.6) is 5.75 Å². The minimum atomic E-state index is 0.565. The van der Waals surface area contributed by atoms with Crippen molar-refractivity contribution in [2.45, 2.75) is 31.1 Å². The Morgan fingerprint density at radius 1 is 1.37 bits per heavy atom. The highest BCUT2D eigenvalue weighted by molar-refractivity contribution is 7.99. The Balaban J connectivity index is 1.79. The first-order valence-electron chi connectivity index (χ1n) is 7.04. The maximum Gasteiger partial charge on any atom is 0.124 e. The van der Waals surface area contributed by atoms with Crippen LogP contribution in [0.2, 0.25) is 0 Å². The molecular formula is C16H23NOS. The second-order valence-corrected chi connectivity index (χ2v) is 6.24. The minimum absolute atomic E-state index is 0.565. The van der Waals surface area contributed by atoms with Crippen LogP contribution < -0.4 is 10.1 Å². The molecule has 1 N–H and O–H groups in total. The molecule has 0 radical (unpaired) electrons. The fraction of sp³-hybridized carbons (Fsp3) is 0.500. The van der Waals surface area contributed by atoms with E-state index in [0.29, 0.717) is 6.61 Å². The monoisotopic (exact) mass is 277 g/mol. The quantitative estimate of drug-likeness (QED) is 0.769. The second-order valence-electron chi connectivity index (χ2n) is 4.83. The third-order valence-corrected chi connectivity index (χ3v) is 4.69. The molecule has 104 valence electrons. The average Bonchev–Trinajstić information content (AvgIpc) is 2.47. The van der Waals surface area contributed by atoms with Crippen molar-refractivity contribution in [3.8, 4) is 5.75 Å². The Labute approximate surface area is 120 Å². The predicted octanol–water partition coefficient (Wildman–Crippen LogP) is 3.63. The van der Waals surface area contributed by atoms with Gasteiger partial charge in [0.25, 0.3) is 0 Å². The van der Waals surface area contributed by atoms with Gasteiger partial charge >= 0.3 is 0 Å². The van der Waals surface area contributed by atoms with Gasteiger partial charge in [0.05, 0.1) is 0 Å². The second kappa shape index (κ2) is 8.28. The molecule has 0 saturated carbocycles. The molecule has 1 atom stereocenters. The van der Waals surface area contributed by atoms with Gasteiger partial charge in [-0.3, -0.25) is 0 Å². The van der Waals surface area contributed by atoms with Gasteiger partial charge in [-0.05, 0) is 24.7 Å². The number of benzene rings is 1. The summed E-state index contributed by atoms with van der Waals surface area (Å²) in [5.74, 6) is 2.29. The summed E-state index contributed by atoms with van der Waals surface area (Å²) < 4.78 is 5.67. The van der Waals surface area contributed by atoms with Crippen molar-refractivity contribution in [2.24, 2.45) is 0 Å². The molecule has 19 heavy (non-hydrogen) atoms. The Kier molecular flexibility index (Phi) is 6.31. The van der Waals surface area contributed by atoms with Gasteiger partial charge < -0.3 is 10.1 Å². The van der Waals surface area contributed by atoms with Gasteiger partial charge in [-0.1, -0.05) is 37.3 Å². The van der Waals surface area contributed by atoms with E-state index in [4.69, 9.17) is 4.74 Å². The van der Waals surface area contributed by atoms with Gasteiger partial charge in [0, 0.05) is 23.9 Å². The maximum atomic E-state index is 5.67. The van der Waals surface area contributed by atoms with Crippen molar-refractivity contribution in [2.75, 3.05) is 18.9 Å². The number of thioether (sulfide) groups is 1. The molecule has 0 aliphatic carbocycles. The van der Waals surface area contributed by atoms with Crippen molar-refractivity contribution < 1.29 is 4.74 Å². The van der Waals surface area contributed by atoms with Crippen molar-refractivity contribution in [3.05, 3.63) is 42.5 Å². The zero-order valence-corrected chi connectivity index (χ0v) is 12.3. The van der Waals surface area contributed by atoms with Crippen LogP contribution in [0.25, 0.3) is 0 Å². The van der Waals surface area contributed by atoms with E-state index in [9.17, 15) is 0 Å². The summed E-state index contributed by atoms with van der Waals surface area (Å²) in [6.45, 7) is 6.23.